The van der Waals surface area contributed by atoms with E-state index >= 15 is 0 Å². The summed E-state index contributed by atoms with van der Waals surface area (Å²) in [5, 5.41) is 0.885. The number of rotatable bonds is 5. The highest BCUT2D eigenvalue weighted by atomic mass is 32.2. The summed E-state index contributed by atoms with van der Waals surface area (Å²) < 4.78 is 33.9. The summed E-state index contributed by atoms with van der Waals surface area (Å²) in [5.74, 6) is 0. The number of ether oxygens (including phenoxy) is 1. The number of amides is 1. The van der Waals surface area contributed by atoms with Crippen LogP contribution in [0.1, 0.15) is 37.6 Å². The fourth-order valence-electron chi connectivity index (χ4n) is 3.67. The molecular weight excluding hydrogens is 424 g/mol. The van der Waals surface area contributed by atoms with E-state index in [4.69, 9.17) is 4.74 Å². The Morgan fingerprint density at radius 2 is 1.62 bits per heavy atom. The van der Waals surface area contributed by atoms with Gasteiger partial charge in [-0.1, -0.05) is 17.7 Å². The molecule has 0 bridgehead atoms. The monoisotopic (exact) mass is 456 g/mol. The van der Waals surface area contributed by atoms with Gasteiger partial charge >= 0.3 is 6.09 Å². The molecule has 2 aromatic carbocycles. The third kappa shape index (κ3) is 4.83. The number of aromatic nitrogens is 1. The summed E-state index contributed by atoms with van der Waals surface area (Å²) in [6.45, 7) is 9.91. The predicted octanol–water partition coefficient (Wildman–Crippen LogP) is 5.04. The molecule has 0 radical (unpaired) electrons. The second kappa shape index (κ2) is 8.62. The number of aryl methyl sites for hydroxylation is 2. The maximum Gasteiger partial charge on any atom is 0.410 e. The van der Waals surface area contributed by atoms with Gasteiger partial charge in [-0.15, -0.1) is 0 Å². The van der Waals surface area contributed by atoms with Gasteiger partial charge in [-0.25, -0.2) is 13.2 Å². The molecule has 0 aliphatic rings. The molecule has 172 valence electrons. The van der Waals surface area contributed by atoms with E-state index in [9.17, 15) is 13.2 Å². The van der Waals surface area contributed by atoms with Crippen molar-refractivity contribution in [3.05, 3.63) is 59.3 Å². The largest absolute Gasteiger partial charge is 0.444 e. The van der Waals surface area contributed by atoms with Gasteiger partial charge in [0, 0.05) is 37.2 Å². The van der Waals surface area contributed by atoms with E-state index in [1.165, 1.54) is 0 Å². The molecule has 0 aliphatic heterocycles. The summed E-state index contributed by atoms with van der Waals surface area (Å²) in [5.41, 5.74) is 3.48. The maximum absolute atomic E-state index is 13.2. The minimum Gasteiger partial charge on any atom is -0.444 e. The van der Waals surface area contributed by atoms with Gasteiger partial charge in [0.15, 0.2) is 0 Å². The number of hydrogen-bond acceptors (Lipinski definition) is 4. The lowest BCUT2D eigenvalue weighted by molar-refractivity contribution is 0.0300. The van der Waals surface area contributed by atoms with Crippen LogP contribution in [-0.4, -0.2) is 43.2 Å². The third-order valence-corrected chi connectivity index (χ3v) is 7.41. The molecule has 0 N–H and O–H groups in total. The average molecular weight is 457 g/mol. The topological polar surface area (TPSA) is 68.6 Å². The van der Waals surface area contributed by atoms with E-state index in [0.717, 1.165) is 27.7 Å². The zero-order valence-corrected chi connectivity index (χ0v) is 20.7. The quantitative estimate of drug-likeness (QED) is 0.540. The molecule has 1 amide bonds. The lowest BCUT2D eigenvalue weighted by Gasteiger charge is -2.24. The van der Waals surface area contributed by atoms with Crippen LogP contribution in [0.3, 0.4) is 0 Å². The molecule has 3 aromatic rings. The maximum atomic E-state index is 13.2. The van der Waals surface area contributed by atoms with Gasteiger partial charge in [0.25, 0.3) is 0 Å². The van der Waals surface area contributed by atoms with E-state index in [-0.39, 0.29) is 15.9 Å². The molecule has 0 aliphatic carbocycles. The molecule has 1 aromatic heterocycles. The number of carbonyl (C=O) groups is 1. The van der Waals surface area contributed by atoms with Crippen molar-refractivity contribution >= 4 is 26.8 Å². The lowest BCUT2D eigenvalue weighted by atomic mass is 10.1. The van der Waals surface area contributed by atoms with Gasteiger partial charge in [0.1, 0.15) is 5.60 Å². The Morgan fingerprint density at radius 1 is 1.03 bits per heavy atom. The predicted molar refractivity (Wildman–Crippen MR) is 127 cm³/mol. The Bertz CT molecular complexity index is 1250. The van der Waals surface area contributed by atoms with Crippen molar-refractivity contribution < 1.29 is 17.9 Å². The fraction of sp³-hybridized carbons (Fsp3) is 0.400. The highest BCUT2D eigenvalue weighted by molar-refractivity contribution is 7.91. The Labute approximate surface area is 190 Å². The number of fused-ring (bicyclic) bond motifs is 1. The number of likely N-dealkylation sites (N-methyl/N-ethyl adjacent to an activating group) is 1. The van der Waals surface area contributed by atoms with Gasteiger partial charge in [-0.3, -0.25) is 0 Å². The van der Waals surface area contributed by atoms with Crippen molar-refractivity contribution in [3.8, 4) is 0 Å². The van der Waals surface area contributed by atoms with Crippen LogP contribution >= 0.6 is 0 Å². The van der Waals surface area contributed by atoms with E-state index < -0.39 is 15.4 Å². The van der Waals surface area contributed by atoms with Gasteiger partial charge in [0.05, 0.1) is 9.79 Å². The molecule has 0 fully saturated rings. The summed E-state index contributed by atoms with van der Waals surface area (Å²) in [7, 11) is 0.0489. The standard InChI is InChI=1S/C25H32N2O4S/c1-17-8-10-19(11-9-17)32(29,30)20-12-13-23-22(16-20)21(18(2)27(23)7)14-15-26(6)24(28)31-25(3,4)5/h8-13,16H,14-15H2,1-7H3. The van der Waals surface area contributed by atoms with Crippen molar-refractivity contribution in [2.75, 3.05) is 13.6 Å². The Morgan fingerprint density at radius 3 is 2.22 bits per heavy atom. The Hall–Kier alpha value is -2.80. The third-order valence-electron chi connectivity index (χ3n) is 5.64. The zero-order chi connectivity index (χ0) is 23.8. The van der Waals surface area contributed by atoms with Gasteiger partial charge in [0.2, 0.25) is 9.84 Å². The Balaban J connectivity index is 1.95. The van der Waals surface area contributed by atoms with Crippen LogP contribution in [0, 0.1) is 13.8 Å². The minimum atomic E-state index is -3.63. The van der Waals surface area contributed by atoms with Crippen LogP contribution in [-0.2, 0) is 28.0 Å². The number of carbonyl (C=O) groups excluding carboxylic acids is 1. The number of nitrogens with zero attached hydrogens (tertiary/aromatic N) is 2. The molecule has 0 saturated carbocycles. The molecule has 1 heterocycles. The van der Waals surface area contributed by atoms with Gasteiger partial charge in [-0.05, 0) is 76.9 Å². The van der Waals surface area contributed by atoms with Crippen molar-refractivity contribution in [2.45, 2.75) is 56.4 Å². The first-order valence-corrected chi connectivity index (χ1v) is 12.1. The molecular formula is C25H32N2O4S. The van der Waals surface area contributed by atoms with Crippen LogP contribution in [0.15, 0.2) is 52.3 Å². The lowest BCUT2D eigenvalue weighted by Crippen LogP contribution is -2.35. The first-order chi connectivity index (χ1) is 14.8. The Kier molecular flexibility index (Phi) is 6.43. The van der Waals surface area contributed by atoms with E-state index in [1.807, 2.05) is 47.7 Å². The van der Waals surface area contributed by atoms with Crippen LogP contribution in [0.4, 0.5) is 4.79 Å². The number of hydrogen-bond donors (Lipinski definition) is 0. The summed E-state index contributed by atoms with van der Waals surface area (Å²) in [6, 6.07) is 12.1. The van der Waals surface area contributed by atoms with Crippen molar-refractivity contribution in [1.29, 1.82) is 0 Å². The second-order valence-electron chi connectivity index (χ2n) is 9.27. The highest BCUT2D eigenvalue weighted by Gasteiger charge is 2.22. The molecule has 7 heteroatoms. The fourth-order valence-corrected chi connectivity index (χ4v) is 4.96. The van der Waals surface area contributed by atoms with Gasteiger partial charge < -0.3 is 14.2 Å². The van der Waals surface area contributed by atoms with Crippen LogP contribution < -0.4 is 0 Å². The SMILES string of the molecule is Cc1ccc(S(=O)(=O)c2ccc3c(c2)c(CCN(C)C(=O)OC(C)(C)C)c(C)n3C)cc1. The molecule has 6 nitrogen and oxygen atoms in total. The smallest absolute Gasteiger partial charge is 0.410 e. The number of benzene rings is 2. The number of sulfone groups is 1. The van der Waals surface area contributed by atoms with Crippen LogP contribution in [0.2, 0.25) is 0 Å². The van der Waals surface area contributed by atoms with Crippen molar-refractivity contribution in [2.24, 2.45) is 7.05 Å². The molecule has 0 saturated heterocycles. The summed E-state index contributed by atoms with van der Waals surface area (Å²) in [6.07, 6.45) is 0.213. The second-order valence-corrected chi connectivity index (χ2v) is 11.2. The normalized spacial score (nSPS) is 12.2. The van der Waals surface area contributed by atoms with E-state index in [2.05, 4.69) is 4.57 Å². The molecule has 0 spiro atoms. The summed E-state index contributed by atoms with van der Waals surface area (Å²) in [4.78, 5) is 14.4. The van der Waals surface area contributed by atoms with E-state index in [1.54, 1.807) is 48.3 Å². The van der Waals surface area contributed by atoms with Gasteiger partial charge in [-0.2, -0.15) is 0 Å². The van der Waals surface area contributed by atoms with Crippen molar-refractivity contribution in [1.82, 2.24) is 9.47 Å². The average Bonchev–Trinajstić information content (AvgIpc) is 2.95. The summed E-state index contributed by atoms with van der Waals surface area (Å²) >= 11 is 0. The highest BCUT2D eigenvalue weighted by Crippen LogP contribution is 2.30. The van der Waals surface area contributed by atoms with Crippen molar-refractivity contribution in [3.63, 3.8) is 0 Å². The zero-order valence-electron chi connectivity index (χ0n) is 19.9. The van der Waals surface area contributed by atoms with Crippen LogP contribution in [0.25, 0.3) is 10.9 Å². The van der Waals surface area contributed by atoms with E-state index in [0.29, 0.717) is 13.0 Å². The first kappa shape index (κ1) is 23.9. The molecule has 0 atom stereocenters. The molecule has 32 heavy (non-hydrogen) atoms. The van der Waals surface area contributed by atoms with Crippen LogP contribution in [0.5, 0.6) is 0 Å². The minimum absolute atomic E-state index is 0.265. The molecule has 3 rings (SSSR count). The first-order valence-electron chi connectivity index (χ1n) is 10.6. The molecule has 0 unspecified atom stereocenters.